The van der Waals surface area contributed by atoms with Crippen molar-refractivity contribution in [3.05, 3.63) is 388 Å². The van der Waals surface area contributed by atoms with Crippen molar-refractivity contribution in [1.29, 1.82) is 0 Å². The Balaban J connectivity index is 0.000000131. The van der Waals surface area contributed by atoms with Gasteiger partial charge in [0.15, 0.2) is 0 Å². The third kappa shape index (κ3) is 12.4. The normalized spacial score (nSPS) is 11.3. The van der Waals surface area contributed by atoms with Gasteiger partial charge in [-0.3, -0.25) is 0 Å². The molecule has 0 aliphatic heterocycles. The first-order valence-corrected chi connectivity index (χ1v) is 36.7. The van der Waals surface area contributed by atoms with Gasteiger partial charge in [-0.05, 0) is 214 Å². The third-order valence-electron chi connectivity index (χ3n) is 22.0. The molecule has 0 amide bonds. The fraction of sp³-hybridized carbons (Fsp3) is 0.0545. The number of furan rings is 3. The van der Waals surface area contributed by atoms with Crippen LogP contribution in [0.25, 0.3) is 219 Å². The Morgan fingerprint density at radius 3 is 0.735 bits per heavy atom. The summed E-state index contributed by atoms with van der Waals surface area (Å²) in [5.41, 5.74) is 20.4. The van der Waals surface area contributed by atoms with Crippen LogP contribution in [0.2, 0.25) is 0 Å². The van der Waals surface area contributed by atoms with Crippen LogP contribution in [0.3, 0.4) is 0 Å². The number of para-hydroxylation sites is 3. The molecule has 0 unspecified atom stereocenters. The van der Waals surface area contributed by atoms with Crippen molar-refractivity contribution in [2.75, 3.05) is 0 Å². The molecular formula is C110H88O3. The lowest BCUT2D eigenvalue weighted by molar-refractivity contribution is 0.668. The van der Waals surface area contributed by atoms with Crippen LogP contribution in [0.5, 0.6) is 0 Å². The van der Waals surface area contributed by atoms with Gasteiger partial charge in [-0.1, -0.05) is 372 Å². The molecule has 0 aliphatic carbocycles. The highest BCUT2D eigenvalue weighted by molar-refractivity contribution is 6.26. The summed E-state index contributed by atoms with van der Waals surface area (Å²) >= 11 is 0. The van der Waals surface area contributed by atoms with Crippen molar-refractivity contribution in [1.82, 2.24) is 0 Å². The van der Waals surface area contributed by atoms with Gasteiger partial charge in [0.25, 0.3) is 0 Å². The molecule has 0 aliphatic rings. The molecule has 3 nitrogen and oxygen atoms in total. The van der Waals surface area contributed by atoms with Crippen molar-refractivity contribution >= 4 is 152 Å². The second kappa shape index (κ2) is 30.7. The van der Waals surface area contributed by atoms with E-state index in [-0.39, 0.29) is 22.3 Å². The zero-order chi connectivity index (χ0) is 76.5. The molecule has 546 valence electrons. The highest BCUT2D eigenvalue weighted by Gasteiger charge is 2.23. The Morgan fingerprint density at radius 1 is 0.142 bits per heavy atom. The van der Waals surface area contributed by atoms with E-state index in [1.54, 1.807) is 0 Å². The zero-order valence-corrected chi connectivity index (χ0v) is 61.2. The molecule has 23 aromatic rings. The zero-order valence-electron chi connectivity index (χ0n) is 64.2. The van der Waals surface area contributed by atoms with Gasteiger partial charge >= 0.3 is 0 Å². The minimum Gasteiger partial charge on any atom is -0.456 e. The van der Waals surface area contributed by atoms with Gasteiger partial charge in [-0.15, -0.1) is 0 Å². The van der Waals surface area contributed by atoms with Crippen LogP contribution in [0.1, 0.15) is 48.6 Å². The van der Waals surface area contributed by atoms with E-state index in [1.165, 1.54) is 175 Å². The first-order chi connectivity index (χ1) is 56.1. The van der Waals surface area contributed by atoms with Gasteiger partial charge in [0.05, 0.1) is 0 Å². The summed E-state index contributed by atoms with van der Waals surface area (Å²) in [6.07, 6.45) is 0. The highest BCUT2D eigenvalue weighted by atomic mass is 16.3. The van der Waals surface area contributed by atoms with Gasteiger partial charge in [-0.25, -0.2) is 0 Å². The molecule has 23 rings (SSSR count). The Labute approximate surface area is 664 Å². The largest absolute Gasteiger partial charge is 0.456 e. The number of hydrogen-bond acceptors (Lipinski definition) is 3. The summed E-state index contributed by atoms with van der Waals surface area (Å²) in [7, 11) is 3.75. The van der Waals surface area contributed by atoms with Gasteiger partial charge in [0.2, 0.25) is 0 Å². The van der Waals surface area contributed by atoms with E-state index in [1.807, 2.05) is 36.4 Å². The minimum absolute atomic E-state index is 0. The van der Waals surface area contributed by atoms with E-state index in [0.717, 1.165) is 65.8 Å². The predicted octanol–water partition coefficient (Wildman–Crippen LogP) is 33.8. The van der Waals surface area contributed by atoms with Crippen molar-refractivity contribution in [3.8, 4) is 66.8 Å². The van der Waals surface area contributed by atoms with Crippen LogP contribution in [-0.4, -0.2) is 0 Å². The Kier molecular flexibility index (Phi) is 19.2. The SMILES string of the molecule is C.C.C.[2H]C.[2H]C.[2H]C.c1ccc(-c2c3ccccc3c(-c3ccc4c(c3)oc3ccccc34)c3ccccc23)cc1.c1ccc2c(-c3c4ccccc4c(-c4ccc5c(c4)oc4ccccc45)c4ccccc34)cccc2c1.c1ccc2cc(-c3c4ccccc4c(-c4ccc5c(c4)oc4ccccc45)c4ccccc34)ccc2c1. The molecule has 113 heavy (non-hydrogen) atoms. The first kappa shape index (κ1) is 70.5. The Bertz CT molecular complexity index is 7350. The minimum atomic E-state index is 0. The van der Waals surface area contributed by atoms with E-state index in [9.17, 15) is 0 Å². The fourth-order valence-corrected chi connectivity index (χ4v) is 17.3. The summed E-state index contributed by atoms with van der Waals surface area (Å²) in [6.45, 7) is 0. The lowest BCUT2D eigenvalue weighted by Gasteiger charge is -2.18. The van der Waals surface area contributed by atoms with Crippen LogP contribution < -0.4 is 0 Å². The maximum Gasteiger partial charge on any atom is 0.136 e. The monoisotopic (exact) mass is 1460 g/mol. The van der Waals surface area contributed by atoms with Crippen molar-refractivity contribution in [2.24, 2.45) is 0 Å². The number of rotatable bonds is 6. The van der Waals surface area contributed by atoms with Crippen molar-refractivity contribution in [3.63, 3.8) is 0 Å². The molecule has 0 fully saturated rings. The second-order valence-electron chi connectivity index (χ2n) is 27.9. The van der Waals surface area contributed by atoms with Gasteiger partial charge in [0, 0.05) is 36.4 Å². The standard InChI is InChI=1S/2C36H22O.C32H20O.6CH4/c1-2-12-25-23(10-1)11-9-18-28(25)36-31-16-5-3-14-29(31)35(30-15-4-6-17-32(30)36)24-20-21-27-26-13-7-8-19-33(26)37-34(27)22-24;1-2-10-24-21-25(18-17-23(24)9-1)35-29-12-3-5-14-31(29)36(32-15-6-4-13-30(32)35)26-19-20-28-27-11-7-8-16-33(27)37-34(28)22-26;1-2-10-21(11-3-1)31-25-13-4-6-15-27(25)32(28-16-7-5-14-26(28)31)22-18-19-24-23-12-8-9-17-29(23)33-30(24)20-22;;;;;;/h2*1-22H;1-20H;6*1H4/i;;;3*1D;;;. The molecule has 0 saturated heterocycles. The summed E-state index contributed by atoms with van der Waals surface area (Å²) in [5.74, 6) is 0. The third-order valence-corrected chi connectivity index (χ3v) is 22.0. The van der Waals surface area contributed by atoms with Crippen molar-refractivity contribution < 1.29 is 17.4 Å². The van der Waals surface area contributed by atoms with Crippen LogP contribution in [0.15, 0.2) is 401 Å². The molecule has 0 saturated carbocycles. The summed E-state index contributed by atoms with van der Waals surface area (Å²) < 4.78 is 36.0. The van der Waals surface area contributed by atoms with E-state index in [4.69, 9.17) is 17.4 Å². The first-order valence-electron chi connectivity index (χ1n) is 39.7. The molecule has 0 atom stereocenters. The summed E-state index contributed by atoms with van der Waals surface area (Å²) in [4.78, 5) is 0. The van der Waals surface area contributed by atoms with Gasteiger partial charge in [0.1, 0.15) is 33.5 Å². The summed E-state index contributed by atoms with van der Waals surface area (Å²) in [5, 5.41) is 27.1. The van der Waals surface area contributed by atoms with Crippen LogP contribution in [0, 0.1) is 0 Å². The van der Waals surface area contributed by atoms with Gasteiger partial charge < -0.3 is 13.3 Å². The quantitative estimate of drug-likeness (QED) is 0.156. The van der Waals surface area contributed by atoms with E-state index < -0.39 is 0 Å². The number of fused-ring (bicyclic) bond motifs is 17. The Hall–Kier alpha value is -14.1. The molecule has 0 spiro atoms. The predicted molar refractivity (Wildman–Crippen MR) is 494 cm³/mol. The smallest absolute Gasteiger partial charge is 0.136 e. The topological polar surface area (TPSA) is 39.4 Å². The average molecular weight is 1460 g/mol. The van der Waals surface area contributed by atoms with E-state index in [2.05, 4.69) is 352 Å². The lowest BCUT2D eigenvalue weighted by atomic mass is 9.84. The van der Waals surface area contributed by atoms with Crippen LogP contribution in [0.4, 0.5) is 0 Å². The molecule has 3 aromatic heterocycles. The molecule has 0 radical (unpaired) electrons. The number of hydrogen-bond donors (Lipinski definition) is 0. The second-order valence-corrected chi connectivity index (χ2v) is 27.9. The number of benzene rings is 20. The molecule has 3 heterocycles. The molecular weight excluding hydrogens is 1370 g/mol. The van der Waals surface area contributed by atoms with E-state index >= 15 is 0 Å². The van der Waals surface area contributed by atoms with Crippen molar-refractivity contribution in [2.45, 2.75) is 44.5 Å². The maximum absolute atomic E-state index is 6.28. The average Bonchev–Trinajstić information content (AvgIpc) is 0.833. The van der Waals surface area contributed by atoms with Gasteiger partial charge in [-0.2, -0.15) is 0 Å². The Morgan fingerprint density at radius 2 is 0.381 bits per heavy atom. The highest BCUT2D eigenvalue weighted by Crippen LogP contribution is 2.50. The molecule has 3 heteroatoms. The fourth-order valence-electron chi connectivity index (χ4n) is 17.3. The van der Waals surface area contributed by atoms with Crippen LogP contribution >= 0.6 is 0 Å². The molecule has 0 bridgehead atoms. The lowest BCUT2D eigenvalue weighted by Crippen LogP contribution is -1.91. The van der Waals surface area contributed by atoms with E-state index in [0.29, 0.717) is 0 Å². The molecule has 20 aromatic carbocycles. The maximum atomic E-state index is 6.28. The molecule has 0 N–H and O–H groups in total. The van der Waals surface area contributed by atoms with Crippen LogP contribution in [-0.2, 0) is 0 Å². The summed E-state index contributed by atoms with van der Waals surface area (Å²) in [6, 6.07) is 139.